The molecule has 3 nitrogen and oxygen atoms in total. The number of rotatable bonds is 3. The Balaban J connectivity index is 0. The van der Waals surface area contributed by atoms with Crippen molar-refractivity contribution in [1.29, 1.82) is 0 Å². The highest BCUT2D eigenvalue weighted by molar-refractivity contribution is 5.86. The minimum absolute atomic E-state index is 0. The van der Waals surface area contributed by atoms with E-state index >= 15 is 0 Å². The summed E-state index contributed by atoms with van der Waals surface area (Å²) in [4.78, 5) is 6.55. The third-order valence-electron chi connectivity index (χ3n) is 3.15. The molecule has 1 aliphatic rings. The molecule has 1 fully saturated rings. The summed E-state index contributed by atoms with van der Waals surface area (Å²) in [7, 11) is 2.06. The Kier molecular flexibility index (Phi) is 12.2. The Morgan fingerprint density at radius 2 is 1.72 bits per heavy atom. The molecule has 0 bridgehead atoms. The second-order valence-corrected chi connectivity index (χ2v) is 4.19. The van der Waals surface area contributed by atoms with Crippen LogP contribution in [-0.4, -0.2) is 36.1 Å². The van der Waals surface area contributed by atoms with Gasteiger partial charge in [0.1, 0.15) is 0 Å². The molecule has 0 atom stereocenters. The molecule has 2 heterocycles. The van der Waals surface area contributed by atoms with Crippen LogP contribution in [0.15, 0.2) is 24.5 Å². The first kappa shape index (κ1) is 20.3. The Morgan fingerprint density at radius 3 is 2.22 bits per heavy atom. The maximum atomic E-state index is 4.04. The van der Waals surface area contributed by atoms with Crippen molar-refractivity contribution in [2.45, 2.75) is 25.4 Å². The van der Waals surface area contributed by atoms with Crippen molar-refractivity contribution < 1.29 is 0 Å². The molecule has 0 aromatic carbocycles. The lowest BCUT2D eigenvalue weighted by Crippen LogP contribution is -2.40. The van der Waals surface area contributed by atoms with E-state index in [1.165, 1.54) is 31.5 Å². The number of aromatic nitrogens is 1. The lowest BCUT2D eigenvalue weighted by molar-refractivity contribution is 0.194. The van der Waals surface area contributed by atoms with Crippen molar-refractivity contribution in [3.05, 3.63) is 30.1 Å². The zero-order valence-corrected chi connectivity index (χ0v) is 13.0. The second kappa shape index (κ2) is 10.8. The van der Waals surface area contributed by atoms with Gasteiger partial charge in [-0.1, -0.05) is 0 Å². The van der Waals surface area contributed by atoms with E-state index in [2.05, 4.69) is 34.4 Å². The van der Waals surface area contributed by atoms with Gasteiger partial charge >= 0.3 is 0 Å². The summed E-state index contributed by atoms with van der Waals surface area (Å²) in [5.74, 6) is 0. The normalized spacial score (nSPS) is 16.1. The van der Waals surface area contributed by atoms with Gasteiger partial charge in [-0.3, -0.25) is 9.88 Å². The molecule has 1 N–H and O–H groups in total. The first-order valence-electron chi connectivity index (χ1n) is 5.67. The van der Waals surface area contributed by atoms with Crippen LogP contribution in [0.25, 0.3) is 0 Å². The molecule has 6 heteroatoms. The van der Waals surface area contributed by atoms with Crippen LogP contribution < -0.4 is 5.32 Å². The average molecular weight is 315 g/mol. The molecule has 0 amide bonds. The summed E-state index contributed by atoms with van der Waals surface area (Å²) in [5, 5.41) is 3.35. The lowest BCUT2D eigenvalue weighted by Gasteiger charge is -2.31. The summed E-state index contributed by atoms with van der Waals surface area (Å²) >= 11 is 0. The van der Waals surface area contributed by atoms with E-state index in [0.29, 0.717) is 0 Å². The van der Waals surface area contributed by atoms with Gasteiger partial charge in [0.15, 0.2) is 0 Å². The van der Waals surface area contributed by atoms with Gasteiger partial charge in [0.25, 0.3) is 0 Å². The van der Waals surface area contributed by atoms with Gasteiger partial charge < -0.3 is 5.32 Å². The van der Waals surface area contributed by atoms with Gasteiger partial charge in [0.2, 0.25) is 0 Å². The van der Waals surface area contributed by atoms with Crippen LogP contribution in [0.3, 0.4) is 0 Å². The fourth-order valence-corrected chi connectivity index (χ4v) is 2.13. The lowest BCUT2D eigenvalue weighted by atomic mass is 10.0. The van der Waals surface area contributed by atoms with Crippen molar-refractivity contribution in [3.63, 3.8) is 0 Å². The average Bonchev–Trinajstić information content (AvgIpc) is 2.31. The van der Waals surface area contributed by atoms with E-state index in [1.54, 1.807) is 0 Å². The second-order valence-electron chi connectivity index (χ2n) is 4.19. The van der Waals surface area contributed by atoms with Crippen molar-refractivity contribution in [2.75, 3.05) is 20.1 Å². The van der Waals surface area contributed by atoms with Gasteiger partial charge in [-0.05, 0) is 50.7 Å². The minimum Gasteiger partial charge on any atom is -0.317 e. The van der Waals surface area contributed by atoms with Crippen LogP contribution in [0.4, 0.5) is 0 Å². The van der Waals surface area contributed by atoms with Crippen LogP contribution in [-0.2, 0) is 6.54 Å². The zero-order chi connectivity index (χ0) is 10.5. The molecule has 0 saturated carbocycles. The number of halogens is 3. The van der Waals surface area contributed by atoms with Crippen LogP contribution in [0, 0.1) is 0 Å². The van der Waals surface area contributed by atoms with Gasteiger partial charge in [0, 0.05) is 25.0 Å². The van der Waals surface area contributed by atoms with Crippen molar-refractivity contribution >= 4 is 37.2 Å². The third-order valence-corrected chi connectivity index (χ3v) is 3.15. The largest absolute Gasteiger partial charge is 0.317 e. The van der Waals surface area contributed by atoms with E-state index in [1.807, 2.05) is 12.4 Å². The first-order chi connectivity index (χ1) is 7.38. The number of hydrogen-bond acceptors (Lipinski definition) is 3. The summed E-state index contributed by atoms with van der Waals surface area (Å²) in [6.07, 6.45) is 6.27. The molecular weight excluding hydrogens is 293 g/mol. The van der Waals surface area contributed by atoms with Crippen molar-refractivity contribution in [3.8, 4) is 0 Å². The monoisotopic (exact) mass is 313 g/mol. The SMILES string of the molecule is CNC1CCN(Cc2ccncc2)CC1.Cl.Cl.Cl. The minimum atomic E-state index is 0. The molecule has 0 aliphatic carbocycles. The maximum Gasteiger partial charge on any atom is 0.0271 e. The van der Waals surface area contributed by atoms with Gasteiger partial charge in [-0.25, -0.2) is 0 Å². The molecule has 0 radical (unpaired) electrons. The van der Waals surface area contributed by atoms with Gasteiger partial charge in [0.05, 0.1) is 0 Å². The highest BCUT2D eigenvalue weighted by atomic mass is 35.5. The third kappa shape index (κ3) is 6.21. The number of pyridine rings is 1. The molecule has 1 saturated heterocycles. The summed E-state index contributed by atoms with van der Waals surface area (Å²) in [6, 6.07) is 4.92. The Bertz CT molecular complexity index is 290. The number of likely N-dealkylation sites (tertiary alicyclic amines) is 1. The summed E-state index contributed by atoms with van der Waals surface area (Å²) < 4.78 is 0. The summed E-state index contributed by atoms with van der Waals surface area (Å²) in [6.45, 7) is 3.47. The quantitative estimate of drug-likeness (QED) is 0.929. The molecule has 1 aliphatic heterocycles. The fraction of sp³-hybridized carbons (Fsp3) is 0.583. The van der Waals surface area contributed by atoms with E-state index < -0.39 is 0 Å². The topological polar surface area (TPSA) is 28.2 Å². The molecule has 106 valence electrons. The molecule has 0 unspecified atom stereocenters. The van der Waals surface area contributed by atoms with Gasteiger partial charge in [-0.2, -0.15) is 0 Å². The van der Waals surface area contributed by atoms with E-state index in [9.17, 15) is 0 Å². The molecule has 1 aromatic heterocycles. The molecule has 18 heavy (non-hydrogen) atoms. The standard InChI is InChI=1S/C12H19N3.3ClH/c1-13-12-4-8-15(9-5-12)10-11-2-6-14-7-3-11;;;/h2-3,6-7,12-13H,4-5,8-10H2,1H3;3*1H. The molecular formula is C12H22Cl3N3. The molecule has 0 spiro atoms. The maximum absolute atomic E-state index is 4.04. The Labute approximate surface area is 128 Å². The van der Waals surface area contributed by atoms with Crippen LogP contribution >= 0.6 is 37.2 Å². The van der Waals surface area contributed by atoms with Crippen LogP contribution in [0.2, 0.25) is 0 Å². The smallest absolute Gasteiger partial charge is 0.0271 e. The van der Waals surface area contributed by atoms with Crippen molar-refractivity contribution in [2.24, 2.45) is 0 Å². The van der Waals surface area contributed by atoms with Crippen LogP contribution in [0.5, 0.6) is 0 Å². The molecule has 1 aromatic rings. The summed E-state index contributed by atoms with van der Waals surface area (Å²) in [5.41, 5.74) is 1.37. The van der Waals surface area contributed by atoms with Crippen LogP contribution in [0.1, 0.15) is 18.4 Å². The van der Waals surface area contributed by atoms with E-state index in [-0.39, 0.29) is 37.2 Å². The van der Waals surface area contributed by atoms with E-state index in [0.717, 1.165) is 12.6 Å². The van der Waals surface area contributed by atoms with Gasteiger partial charge in [-0.15, -0.1) is 37.2 Å². The highest BCUT2D eigenvalue weighted by Gasteiger charge is 2.17. The Hall–Kier alpha value is -0.0600. The highest BCUT2D eigenvalue weighted by Crippen LogP contribution is 2.12. The van der Waals surface area contributed by atoms with E-state index in [4.69, 9.17) is 0 Å². The predicted molar refractivity (Wildman–Crippen MR) is 83.3 cm³/mol. The number of hydrogen-bond donors (Lipinski definition) is 1. The number of piperidine rings is 1. The Morgan fingerprint density at radius 1 is 1.17 bits per heavy atom. The fourth-order valence-electron chi connectivity index (χ4n) is 2.13. The predicted octanol–water partition coefficient (Wildman–Crippen LogP) is 2.53. The first-order valence-corrected chi connectivity index (χ1v) is 5.67. The van der Waals surface area contributed by atoms with Crippen molar-refractivity contribution in [1.82, 2.24) is 15.2 Å². The zero-order valence-electron chi connectivity index (χ0n) is 10.5. The number of nitrogens with zero attached hydrogens (tertiary/aromatic N) is 2. The molecule has 2 rings (SSSR count). The number of nitrogens with one attached hydrogen (secondary N) is 1.